The van der Waals surface area contributed by atoms with Crippen molar-refractivity contribution in [2.75, 3.05) is 4.31 Å². The first-order chi connectivity index (χ1) is 14.9. The predicted octanol–water partition coefficient (Wildman–Crippen LogP) is 5.41. The summed E-state index contributed by atoms with van der Waals surface area (Å²) in [5, 5.41) is 8.55. The van der Waals surface area contributed by atoms with E-state index in [0.29, 0.717) is 17.8 Å². The zero-order chi connectivity index (χ0) is 23.7. The third kappa shape index (κ3) is 4.71. The van der Waals surface area contributed by atoms with Crippen molar-refractivity contribution in [2.24, 2.45) is 0 Å². The van der Waals surface area contributed by atoms with E-state index < -0.39 is 44.6 Å². The summed E-state index contributed by atoms with van der Waals surface area (Å²) >= 11 is 6.08. The maximum atomic E-state index is 13.5. The summed E-state index contributed by atoms with van der Waals surface area (Å²) in [7, 11) is -4.40. The first-order valence-corrected chi connectivity index (χ1v) is 10.9. The number of aromatic carboxylic acids is 1. The molecule has 32 heavy (non-hydrogen) atoms. The number of carboxylic acid groups (broad SMARTS) is 1. The molecule has 0 amide bonds. The fraction of sp³-hybridized carbons (Fsp3) is 0.143. The lowest BCUT2D eigenvalue weighted by molar-refractivity contribution is -0.137. The van der Waals surface area contributed by atoms with Crippen LogP contribution in [0.15, 0.2) is 71.8 Å². The second-order valence-electron chi connectivity index (χ2n) is 6.74. The smallest absolute Gasteiger partial charge is 0.417 e. The van der Waals surface area contributed by atoms with E-state index in [9.17, 15) is 26.4 Å². The number of halogens is 4. The van der Waals surface area contributed by atoms with Crippen LogP contribution in [-0.2, 0) is 16.2 Å². The molecular formula is C21H16ClF3N2O4S. The third-order valence-electron chi connectivity index (χ3n) is 4.65. The fourth-order valence-corrected chi connectivity index (χ4v) is 4.93. The van der Waals surface area contributed by atoms with Crippen molar-refractivity contribution in [3.05, 3.63) is 88.6 Å². The van der Waals surface area contributed by atoms with Crippen molar-refractivity contribution in [1.29, 1.82) is 0 Å². The summed E-state index contributed by atoms with van der Waals surface area (Å²) < 4.78 is 67.0. The lowest BCUT2D eigenvalue weighted by Crippen LogP contribution is -2.34. The van der Waals surface area contributed by atoms with E-state index in [0.717, 1.165) is 28.6 Å². The number of rotatable bonds is 6. The van der Waals surface area contributed by atoms with Crippen LogP contribution in [0.4, 0.5) is 19.0 Å². The Bertz CT molecular complexity index is 1230. The van der Waals surface area contributed by atoms with Gasteiger partial charge in [-0.3, -0.25) is 0 Å². The molecule has 3 rings (SSSR count). The number of aromatic nitrogens is 1. The van der Waals surface area contributed by atoms with E-state index in [2.05, 4.69) is 4.98 Å². The Kier molecular flexibility index (Phi) is 6.47. The number of benzene rings is 2. The molecule has 0 fully saturated rings. The minimum absolute atomic E-state index is 0.128. The highest BCUT2D eigenvalue weighted by molar-refractivity contribution is 7.92. The predicted molar refractivity (Wildman–Crippen MR) is 112 cm³/mol. The van der Waals surface area contributed by atoms with Gasteiger partial charge in [0.15, 0.2) is 5.82 Å². The van der Waals surface area contributed by atoms with E-state index >= 15 is 0 Å². The van der Waals surface area contributed by atoms with Gasteiger partial charge < -0.3 is 5.11 Å². The van der Waals surface area contributed by atoms with Crippen molar-refractivity contribution >= 4 is 33.4 Å². The van der Waals surface area contributed by atoms with Gasteiger partial charge in [0, 0.05) is 6.20 Å². The van der Waals surface area contributed by atoms with Gasteiger partial charge in [-0.15, -0.1) is 0 Å². The molecule has 168 valence electrons. The second kappa shape index (κ2) is 8.79. The van der Waals surface area contributed by atoms with Gasteiger partial charge >= 0.3 is 12.1 Å². The minimum Gasteiger partial charge on any atom is -0.478 e. The molecule has 0 bridgehead atoms. The summed E-state index contributed by atoms with van der Waals surface area (Å²) in [5.41, 5.74) is -0.713. The Morgan fingerprint density at radius 2 is 1.69 bits per heavy atom. The first-order valence-electron chi connectivity index (χ1n) is 9.08. The van der Waals surface area contributed by atoms with Crippen LogP contribution in [0, 0.1) is 0 Å². The van der Waals surface area contributed by atoms with E-state index in [1.165, 1.54) is 6.92 Å². The van der Waals surface area contributed by atoms with Crippen LogP contribution in [0.2, 0.25) is 5.02 Å². The van der Waals surface area contributed by atoms with Crippen LogP contribution in [0.3, 0.4) is 0 Å². The Labute approximate surface area is 187 Å². The summed E-state index contributed by atoms with van der Waals surface area (Å²) in [5.74, 6) is -1.63. The van der Waals surface area contributed by atoms with E-state index in [1.807, 2.05) is 0 Å². The van der Waals surface area contributed by atoms with Crippen molar-refractivity contribution in [3.63, 3.8) is 0 Å². The molecule has 0 aliphatic heterocycles. The second-order valence-corrected chi connectivity index (χ2v) is 8.97. The van der Waals surface area contributed by atoms with Gasteiger partial charge in [-0.25, -0.2) is 22.5 Å². The molecule has 1 aromatic heterocycles. The number of hydrogen-bond donors (Lipinski definition) is 1. The summed E-state index contributed by atoms with van der Waals surface area (Å²) in [6.45, 7) is 1.54. The van der Waals surface area contributed by atoms with E-state index in [-0.39, 0.29) is 10.5 Å². The van der Waals surface area contributed by atoms with Gasteiger partial charge in [0.25, 0.3) is 10.0 Å². The van der Waals surface area contributed by atoms with Gasteiger partial charge in [-0.05, 0) is 42.8 Å². The van der Waals surface area contributed by atoms with E-state index in [4.69, 9.17) is 16.7 Å². The van der Waals surface area contributed by atoms with Crippen LogP contribution < -0.4 is 4.31 Å². The van der Waals surface area contributed by atoms with Gasteiger partial charge in [-0.1, -0.05) is 41.9 Å². The lowest BCUT2D eigenvalue weighted by Gasteiger charge is -2.30. The Morgan fingerprint density at radius 3 is 2.19 bits per heavy atom. The molecule has 0 aliphatic rings. The highest BCUT2D eigenvalue weighted by Crippen LogP contribution is 2.39. The molecule has 2 aromatic carbocycles. The SMILES string of the molecule is C[C@@H](c1ccccc1)N(c1ncc(C(F)(F)F)cc1Cl)S(=O)(=O)c1ccc(C(=O)O)cc1. The molecule has 1 atom stereocenters. The molecule has 0 spiro atoms. The van der Waals surface area contributed by atoms with Crippen LogP contribution in [0.25, 0.3) is 0 Å². The Morgan fingerprint density at radius 1 is 1.09 bits per heavy atom. The zero-order valence-corrected chi connectivity index (χ0v) is 18.0. The molecule has 0 aliphatic carbocycles. The first kappa shape index (κ1) is 23.6. The van der Waals surface area contributed by atoms with Crippen LogP contribution >= 0.6 is 11.6 Å². The quantitative estimate of drug-likeness (QED) is 0.505. The summed E-state index contributed by atoms with van der Waals surface area (Å²) in [6.07, 6.45) is -4.20. The molecule has 3 aromatic rings. The van der Waals surface area contributed by atoms with E-state index in [1.54, 1.807) is 30.3 Å². The Hall–Kier alpha value is -3.11. The van der Waals surface area contributed by atoms with Gasteiger partial charge in [0.2, 0.25) is 0 Å². The highest BCUT2D eigenvalue weighted by Gasteiger charge is 2.36. The van der Waals surface area contributed by atoms with Crippen LogP contribution in [-0.4, -0.2) is 24.5 Å². The largest absolute Gasteiger partial charge is 0.478 e. The van der Waals surface area contributed by atoms with Gasteiger partial charge in [0.1, 0.15) is 0 Å². The normalized spacial score (nSPS) is 12.9. The average molecular weight is 485 g/mol. The maximum absolute atomic E-state index is 13.5. The van der Waals surface area contributed by atoms with Crippen molar-refractivity contribution < 1.29 is 31.5 Å². The molecule has 0 unspecified atom stereocenters. The summed E-state index contributed by atoms with van der Waals surface area (Å²) in [6, 6.07) is 12.5. The Balaban J connectivity index is 2.18. The number of nitrogens with zero attached hydrogens (tertiary/aromatic N) is 2. The number of alkyl halides is 3. The topological polar surface area (TPSA) is 87.6 Å². The minimum atomic E-state index is -4.71. The molecule has 1 N–H and O–H groups in total. The average Bonchev–Trinajstić information content (AvgIpc) is 2.74. The van der Waals surface area contributed by atoms with Crippen LogP contribution in [0.1, 0.15) is 34.5 Å². The molecule has 0 radical (unpaired) electrons. The van der Waals surface area contributed by atoms with Crippen LogP contribution in [0.5, 0.6) is 0 Å². The molecule has 11 heteroatoms. The number of carbonyl (C=O) groups is 1. The molecule has 1 heterocycles. The molecule has 0 saturated carbocycles. The number of sulfonamides is 1. The lowest BCUT2D eigenvalue weighted by atomic mass is 10.1. The number of carboxylic acids is 1. The summed E-state index contributed by atoms with van der Waals surface area (Å²) in [4.78, 5) is 14.5. The van der Waals surface area contributed by atoms with Crippen molar-refractivity contribution in [1.82, 2.24) is 4.98 Å². The van der Waals surface area contributed by atoms with Gasteiger partial charge in [-0.2, -0.15) is 13.2 Å². The fourth-order valence-electron chi connectivity index (χ4n) is 3.00. The standard InChI is InChI=1S/C21H16ClF3N2O4S/c1-13(14-5-3-2-4-6-14)27(19-18(22)11-16(12-26-19)21(23,24)25)32(30,31)17-9-7-15(8-10-17)20(28)29/h2-13H,1H3,(H,28,29)/t13-/m0/s1. The monoisotopic (exact) mass is 484 g/mol. The molecule has 0 saturated heterocycles. The van der Waals surface area contributed by atoms with Gasteiger partial charge in [0.05, 0.1) is 27.1 Å². The number of anilines is 1. The van der Waals surface area contributed by atoms with Crippen molar-refractivity contribution in [2.45, 2.75) is 24.0 Å². The molecule has 6 nitrogen and oxygen atoms in total. The molecular weight excluding hydrogens is 469 g/mol. The zero-order valence-electron chi connectivity index (χ0n) is 16.4. The maximum Gasteiger partial charge on any atom is 0.417 e. The van der Waals surface area contributed by atoms with Crippen molar-refractivity contribution in [3.8, 4) is 0 Å². The number of hydrogen-bond acceptors (Lipinski definition) is 4. The third-order valence-corrected chi connectivity index (χ3v) is 6.80. The number of pyridine rings is 1. The highest BCUT2D eigenvalue weighted by atomic mass is 35.5.